The number of carbonyl (C=O) groups excluding carboxylic acids is 1. The zero-order valence-electron chi connectivity index (χ0n) is 21.7. The Hall–Kier alpha value is -1.94. The Morgan fingerprint density at radius 3 is 2.23 bits per heavy atom. The van der Waals surface area contributed by atoms with E-state index in [1.54, 1.807) is 0 Å². The average molecular weight is 500 g/mol. The van der Waals surface area contributed by atoms with Crippen LogP contribution < -0.4 is 5.32 Å². The van der Waals surface area contributed by atoms with E-state index in [9.17, 15) is 9.36 Å². The minimum absolute atomic E-state index is 0.000319. The van der Waals surface area contributed by atoms with Gasteiger partial charge in [-0.2, -0.15) is 0 Å². The van der Waals surface area contributed by atoms with Gasteiger partial charge in [0.05, 0.1) is 19.4 Å². The van der Waals surface area contributed by atoms with Crippen LogP contribution in [-0.2, 0) is 13.6 Å². The normalized spacial score (nSPS) is 14.5. The minimum Gasteiger partial charge on any atom is -0.352 e. The largest absolute Gasteiger partial charge is 0.352 e. The predicted octanol–water partition coefficient (Wildman–Crippen LogP) is 7.94. The first-order chi connectivity index (χ1) is 17.0. The summed E-state index contributed by atoms with van der Waals surface area (Å²) >= 11 is 0. The molecule has 1 aliphatic rings. The number of hydrogen-bond acceptors (Lipinski definition) is 4. The van der Waals surface area contributed by atoms with E-state index in [2.05, 4.69) is 56.4 Å². The van der Waals surface area contributed by atoms with E-state index < -0.39 is 7.60 Å². The first-order valence-electron chi connectivity index (χ1n) is 13.4. The predicted molar refractivity (Wildman–Crippen MR) is 144 cm³/mol. The highest BCUT2D eigenvalue weighted by Crippen LogP contribution is 2.51. The Bertz CT molecular complexity index is 992. The molecule has 0 spiro atoms. The van der Waals surface area contributed by atoms with Crippen LogP contribution in [0.3, 0.4) is 0 Å². The molecule has 0 saturated heterocycles. The number of nitrogens with one attached hydrogen (secondary N) is 1. The maximum atomic E-state index is 13.3. The number of rotatable bonds is 16. The van der Waals surface area contributed by atoms with Gasteiger partial charge in [-0.25, -0.2) is 0 Å². The van der Waals surface area contributed by atoms with Crippen LogP contribution in [0, 0.1) is 0 Å². The van der Waals surface area contributed by atoms with Crippen LogP contribution in [0.1, 0.15) is 99.5 Å². The van der Waals surface area contributed by atoms with E-state index >= 15 is 0 Å². The van der Waals surface area contributed by atoms with Crippen molar-refractivity contribution in [3.8, 4) is 11.1 Å². The molecule has 35 heavy (non-hydrogen) atoms. The Morgan fingerprint density at radius 1 is 0.857 bits per heavy atom. The Morgan fingerprint density at radius 2 is 1.54 bits per heavy atom. The summed E-state index contributed by atoms with van der Waals surface area (Å²) < 4.78 is 24.8. The number of benzene rings is 2. The minimum atomic E-state index is -3.07. The van der Waals surface area contributed by atoms with E-state index in [1.165, 1.54) is 11.1 Å². The topological polar surface area (TPSA) is 64.6 Å². The van der Waals surface area contributed by atoms with Gasteiger partial charge >= 0.3 is 7.60 Å². The van der Waals surface area contributed by atoms with Crippen molar-refractivity contribution in [2.45, 2.75) is 78.1 Å². The van der Waals surface area contributed by atoms with Crippen LogP contribution in [0.25, 0.3) is 11.1 Å². The van der Waals surface area contributed by atoms with Gasteiger partial charge in [0.2, 0.25) is 0 Å². The molecule has 5 nitrogen and oxygen atoms in total. The molecule has 6 heteroatoms. The first kappa shape index (κ1) is 27.6. The number of carbonyl (C=O) groups is 1. The third kappa shape index (κ3) is 7.29. The quantitative estimate of drug-likeness (QED) is 0.188. The standard InChI is InChI=1S/C29H42NO4P/c1-4-7-20-33-35(32,34-21-8-5-2)22-12-11-16-25-23-14-9-10-15-24(23)26-17-13-18-27(28(25)26)29(31)30-19-6-3/h9-10,13-15,17-18,25H,4-8,11-12,16,19-22H2,1-3H3,(H,30,31). The van der Waals surface area contributed by atoms with Gasteiger partial charge in [-0.1, -0.05) is 76.4 Å². The van der Waals surface area contributed by atoms with Gasteiger partial charge in [0.25, 0.3) is 5.91 Å². The lowest BCUT2D eigenvalue weighted by atomic mass is 9.88. The van der Waals surface area contributed by atoms with Crippen molar-refractivity contribution in [1.82, 2.24) is 5.32 Å². The molecule has 192 valence electrons. The van der Waals surface area contributed by atoms with Crippen molar-refractivity contribution in [2.24, 2.45) is 0 Å². The van der Waals surface area contributed by atoms with Crippen LogP contribution >= 0.6 is 7.60 Å². The summed E-state index contributed by atoms with van der Waals surface area (Å²) in [6, 6.07) is 14.5. The van der Waals surface area contributed by atoms with Crippen molar-refractivity contribution in [3.63, 3.8) is 0 Å². The molecular weight excluding hydrogens is 457 g/mol. The molecular formula is C29H42NO4P. The van der Waals surface area contributed by atoms with Gasteiger partial charge in [-0.15, -0.1) is 0 Å². The molecule has 0 aromatic heterocycles. The highest BCUT2D eigenvalue weighted by atomic mass is 31.2. The van der Waals surface area contributed by atoms with Crippen LogP contribution in [0.4, 0.5) is 0 Å². The van der Waals surface area contributed by atoms with Crippen LogP contribution in [0.2, 0.25) is 0 Å². The molecule has 0 saturated carbocycles. The second kappa shape index (κ2) is 14.0. The van der Waals surface area contributed by atoms with E-state index in [-0.39, 0.29) is 11.8 Å². The molecule has 0 bridgehead atoms. The average Bonchev–Trinajstić information content (AvgIpc) is 3.19. The molecule has 1 amide bonds. The number of unbranched alkanes of at least 4 members (excludes halogenated alkanes) is 3. The number of hydrogen-bond donors (Lipinski definition) is 1. The lowest BCUT2D eigenvalue weighted by Crippen LogP contribution is -2.25. The summed E-state index contributed by atoms with van der Waals surface area (Å²) in [6.45, 7) is 7.90. The van der Waals surface area contributed by atoms with Crippen molar-refractivity contribution >= 4 is 13.5 Å². The van der Waals surface area contributed by atoms with Crippen LogP contribution in [0.5, 0.6) is 0 Å². The van der Waals surface area contributed by atoms with Crippen molar-refractivity contribution in [1.29, 1.82) is 0 Å². The Balaban J connectivity index is 1.72. The fraction of sp³-hybridized carbons (Fsp3) is 0.552. The third-order valence-electron chi connectivity index (χ3n) is 6.61. The van der Waals surface area contributed by atoms with Crippen LogP contribution in [-0.4, -0.2) is 31.8 Å². The Kier molecular flexibility index (Phi) is 11.0. The summed E-state index contributed by atoms with van der Waals surface area (Å²) in [4.78, 5) is 13.0. The molecule has 0 aliphatic heterocycles. The van der Waals surface area contributed by atoms with Crippen molar-refractivity contribution in [2.75, 3.05) is 25.9 Å². The third-order valence-corrected chi connectivity index (χ3v) is 8.62. The summed E-state index contributed by atoms with van der Waals surface area (Å²) in [5, 5.41) is 3.05. The lowest BCUT2D eigenvalue weighted by Gasteiger charge is -2.20. The number of amides is 1. The highest BCUT2D eigenvalue weighted by Gasteiger charge is 2.32. The van der Waals surface area contributed by atoms with Gasteiger partial charge < -0.3 is 14.4 Å². The fourth-order valence-electron chi connectivity index (χ4n) is 4.72. The van der Waals surface area contributed by atoms with E-state index in [1.807, 2.05) is 12.1 Å². The SMILES string of the molecule is CCCCOP(=O)(CCCCC1c2ccccc2-c2cccc(C(=O)NCCC)c21)OCCCC. The highest BCUT2D eigenvalue weighted by molar-refractivity contribution is 7.53. The molecule has 3 rings (SSSR count). The van der Waals surface area contributed by atoms with Crippen molar-refractivity contribution < 1.29 is 18.4 Å². The number of fused-ring (bicyclic) bond motifs is 3. The monoisotopic (exact) mass is 499 g/mol. The first-order valence-corrected chi connectivity index (χ1v) is 15.2. The smallest absolute Gasteiger partial charge is 0.330 e. The van der Waals surface area contributed by atoms with E-state index in [0.717, 1.165) is 68.1 Å². The zero-order valence-corrected chi connectivity index (χ0v) is 22.6. The second-order valence-corrected chi connectivity index (χ2v) is 11.6. The molecule has 1 atom stereocenters. The Labute approximate surface area is 211 Å². The summed E-state index contributed by atoms with van der Waals surface area (Å²) in [5.74, 6) is 0.158. The molecule has 0 heterocycles. The van der Waals surface area contributed by atoms with Gasteiger partial charge in [0, 0.05) is 18.0 Å². The summed E-state index contributed by atoms with van der Waals surface area (Å²) in [5.41, 5.74) is 5.55. The van der Waals surface area contributed by atoms with Gasteiger partial charge in [0.15, 0.2) is 0 Å². The van der Waals surface area contributed by atoms with E-state index in [0.29, 0.717) is 25.9 Å². The molecule has 0 radical (unpaired) electrons. The van der Waals surface area contributed by atoms with Gasteiger partial charge in [-0.05, 0) is 60.4 Å². The lowest BCUT2D eigenvalue weighted by molar-refractivity contribution is 0.0952. The maximum absolute atomic E-state index is 13.3. The maximum Gasteiger partial charge on any atom is 0.330 e. The molecule has 0 fully saturated rings. The van der Waals surface area contributed by atoms with E-state index in [4.69, 9.17) is 9.05 Å². The van der Waals surface area contributed by atoms with Crippen molar-refractivity contribution in [3.05, 3.63) is 59.2 Å². The zero-order chi connectivity index (χ0) is 25.1. The molecule has 2 aromatic carbocycles. The van der Waals surface area contributed by atoms with Crippen LogP contribution in [0.15, 0.2) is 42.5 Å². The molecule has 1 N–H and O–H groups in total. The molecule has 1 unspecified atom stereocenters. The summed E-state index contributed by atoms with van der Waals surface area (Å²) in [6.07, 6.45) is 7.69. The molecule has 1 aliphatic carbocycles. The molecule has 2 aromatic rings. The fourth-order valence-corrected chi connectivity index (χ4v) is 6.48. The second-order valence-electron chi connectivity index (χ2n) is 9.37. The summed E-state index contributed by atoms with van der Waals surface area (Å²) in [7, 11) is -3.07. The van der Waals surface area contributed by atoms with Gasteiger partial charge in [0.1, 0.15) is 0 Å². The van der Waals surface area contributed by atoms with Gasteiger partial charge in [-0.3, -0.25) is 9.36 Å².